The fourth-order valence-electron chi connectivity index (χ4n) is 2.55. The minimum absolute atomic E-state index is 0. The Bertz CT molecular complexity index is 473. The van der Waals surface area contributed by atoms with Crippen molar-refractivity contribution in [2.45, 2.75) is 45.6 Å². The number of hydrogen-bond acceptors (Lipinski definition) is 2. The number of halogens is 1. The summed E-state index contributed by atoms with van der Waals surface area (Å²) in [6.07, 6.45) is 4.73. The maximum atomic E-state index is 6.09. The van der Waals surface area contributed by atoms with E-state index in [0.717, 1.165) is 25.3 Å². The second-order valence-electron chi connectivity index (χ2n) is 5.71. The summed E-state index contributed by atoms with van der Waals surface area (Å²) in [6.45, 7) is 6.87. The van der Waals surface area contributed by atoms with E-state index in [9.17, 15) is 0 Å². The lowest BCUT2D eigenvalue weighted by Gasteiger charge is -2.27. The van der Waals surface area contributed by atoms with Crippen molar-refractivity contribution in [3.63, 3.8) is 0 Å². The molecule has 124 valence electrons. The lowest BCUT2D eigenvalue weighted by molar-refractivity contribution is 0.205. The van der Waals surface area contributed by atoms with Gasteiger partial charge in [-0.15, -0.1) is 24.0 Å². The van der Waals surface area contributed by atoms with Gasteiger partial charge < -0.3 is 15.4 Å². The van der Waals surface area contributed by atoms with Crippen LogP contribution in [-0.2, 0) is 0 Å². The van der Waals surface area contributed by atoms with Crippen LogP contribution in [0.2, 0.25) is 0 Å². The van der Waals surface area contributed by atoms with Gasteiger partial charge in [0.05, 0.1) is 6.54 Å². The summed E-state index contributed by atoms with van der Waals surface area (Å²) < 4.78 is 6.00. The molecule has 0 aliphatic carbocycles. The second-order valence-corrected chi connectivity index (χ2v) is 5.71. The molecule has 2 rings (SSSR count). The molecule has 0 amide bonds. The number of hydrogen-bond donors (Lipinski definition) is 1. The highest BCUT2D eigenvalue weighted by molar-refractivity contribution is 14.0. The number of aliphatic imine (C=N–C) groups is 1. The van der Waals surface area contributed by atoms with Gasteiger partial charge in [0.15, 0.2) is 5.96 Å². The molecule has 4 nitrogen and oxygen atoms in total. The lowest BCUT2D eigenvalue weighted by Crippen LogP contribution is -2.41. The third-order valence-electron chi connectivity index (χ3n) is 3.88. The largest absolute Gasteiger partial charge is 0.489 e. The van der Waals surface area contributed by atoms with Crippen LogP contribution in [0.25, 0.3) is 0 Å². The van der Waals surface area contributed by atoms with Crippen LogP contribution in [0.3, 0.4) is 0 Å². The van der Waals surface area contributed by atoms with E-state index < -0.39 is 0 Å². The molecule has 1 aliphatic heterocycles. The molecule has 0 radical (unpaired) electrons. The number of rotatable bonds is 5. The highest BCUT2D eigenvalue weighted by Crippen LogP contribution is 2.15. The van der Waals surface area contributed by atoms with Crippen molar-refractivity contribution in [2.75, 3.05) is 19.6 Å². The third-order valence-corrected chi connectivity index (χ3v) is 3.88. The number of piperidine rings is 1. The first kappa shape index (κ1) is 19.1. The van der Waals surface area contributed by atoms with Gasteiger partial charge in [-0.2, -0.15) is 0 Å². The van der Waals surface area contributed by atoms with Crippen molar-refractivity contribution in [3.05, 3.63) is 29.8 Å². The van der Waals surface area contributed by atoms with E-state index in [0.29, 0.717) is 12.5 Å². The molecule has 1 fully saturated rings. The van der Waals surface area contributed by atoms with Crippen molar-refractivity contribution in [1.29, 1.82) is 0 Å². The second kappa shape index (κ2) is 9.92. The molecular formula is C17H28IN3O. The predicted octanol–water partition coefficient (Wildman–Crippen LogP) is 3.57. The Kier molecular flexibility index (Phi) is 8.60. The highest BCUT2D eigenvalue weighted by Gasteiger charge is 2.13. The van der Waals surface area contributed by atoms with Gasteiger partial charge >= 0.3 is 0 Å². The van der Waals surface area contributed by atoms with Crippen LogP contribution >= 0.6 is 24.0 Å². The molecule has 1 aliphatic rings. The molecule has 1 saturated heterocycles. The Labute approximate surface area is 151 Å². The molecule has 1 aromatic carbocycles. The summed E-state index contributed by atoms with van der Waals surface area (Å²) in [5, 5.41) is 0. The topological polar surface area (TPSA) is 50.8 Å². The Morgan fingerprint density at radius 2 is 2.05 bits per heavy atom. The van der Waals surface area contributed by atoms with Crippen LogP contribution in [0.1, 0.15) is 38.2 Å². The van der Waals surface area contributed by atoms with E-state index in [1.807, 2.05) is 12.1 Å². The van der Waals surface area contributed by atoms with Gasteiger partial charge in [-0.1, -0.05) is 19.1 Å². The first-order valence-corrected chi connectivity index (χ1v) is 7.97. The smallest absolute Gasteiger partial charge is 0.191 e. The van der Waals surface area contributed by atoms with Gasteiger partial charge in [-0.25, -0.2) is 4.99 Å². The summed E-state index contributed by atoms with van der Waals surface area (Å²) in [7, 11) is 0. The highest BCUT2D eigenvalue weighted by atomic mass is 127. The van der Waals surface area contributed by atoms with Crippen molar-refractivity contribution in [3.8, 4) is 5.75 Å². The number of ether oxygens (including phenoxy) is 1. The molecule has 1 atom stereocenters. The minimum Gasteiger partial charge on any atom is -0.489 e. The van der Waals surface area contributed by atoms with Crippen LogP contribution in [0.15, 0.2) is 29.3 Å². The Morgan fingerprint density at radius 3 is 2.68 bits per heavy atom. The maximum absolute atomic E-state index is 6.09. The van der Waals surface area contributed by atoms with Crippen LogP contribution in [0.5, 0.6) is 5.75 Å². The molecule has 5 heteroatoms. The first-order chi connectivity index (χ1) is 10.2. The van der Waals surface area contributed by atoms with E-state index in [2.05, 4.69) is 35.9 Å². The quantitative estimate of drug-likeness (QED) is 0.453. The van der Waals surface area contributed by atoms with Crippen molar-refractivity contribution >= 4 is 29.9 Å². The number of likely N-dealkylation sites (tertiary alicyclic amines) is 1. The molecule has 0 bridgehead atoms. The number of aryl methyl sites for hydroxylation is 1. The minimum atomic E-state index is 0. The van der Waals surface area contributed by atoms with Gasteiger partial charge in [0.1, 0.15) is 11.9 Å². The van der Waals surface area contributed by atoms with E-state index in [1.54, 1.807) is 0 Å². The van der Waals surface area contributed by atoms with Gasteiger partial charge in [0.25, 0.3) is 0 Å². The van der Waals surface area contributed by atoms with Gasteiger partial charge in [-0.05, 0) is 50.3 Å². The summed E-state index contributed by atoms with van der Waals surface area (Å²) in [5.74, 6) is 1.58. The average molecular weight is 417 g/mol. The fourth-order valence-corrected chi connectivity index (χ4v) is 2.55. The van der Waals surface area contributed by atoms with Gasteiger partial charge in [-0.3, -0.25) is 0 Å². The first-order valence-electron chi connectivity index (χ1n) is 7.97. The predicted molar refractivity (Wildman–Crippen MR) is 103 cm³/mol. The van der Waals surface area contributed by atoms with Crippen LogP contribution in [-0.4, -0.2) is 36.6 Å². The van der Waals surface area contributed by atoms with Crippen molar-refractivity contribution in [1.82, 2.24) is 4.90 Å². The van der Waals surface area contributed by atoms with E-state index in [1.165, 1.54) is 24.8 Å². The zero-order valence-electron chi connectivity index (χ0n) is 13.6. The summed E-state index contributed by atoms with van der Waals surface area (Å²) >= 11 is 0. The van der Waals surface area contributed by atoms with Crippen molar-refractivity contribution in [2.24, 2.45) is 10.7 Å². The molecule has 1 unspecified atom stereocenters. The molecule has 22 heavy (non-hydrogen) atoms. The summed E-state index contributed by atoms with van der Waals surface area (Å²) in [4.78, 5) is 6.72. The average Bonchev–Trinajstić information content (AvgIpc) is 2.52. The van der Waals surface area contributed by atoms with Crippen LogP contribution in [0, 0.1) is 6.92 Å². The van der Waals surface area contributed by atoms with Gasteiger partial charge in [0.2, 0.25) is 0 Å². The standard InChI is InChI=1S/C17H27N3O.HI/c1-3-15(21-16-9-7-8-14(2)12-16)13-19-17(18)20-10-5-4-6-11-20;/h7-9,12,15H,3-6,10-11,13H2,1-2H3,(H2,18,19);1H. The van der Waals surface area contributed by atoms with E-state index >= 15 is 0 Å². The fraction of sp³-hybridized carbons (Fsp3) is 0.588. The molecule has 1 aromatic rings. The Balaban J connectivity index is 0.00000242. The zero-order chi connectivity index (χ0) is 15.1. The molecule has 0 saturated carbocycles. The number of nitrogens with zero attached hydrogens (tertiary/aromatic N) is 2. The third kappa shape index (κ3) is 6.02. The number of nitrogens with two attached hydrogens (primary N) is 1. The summed E-state index contributed by atoms with van der Waals surface area (Å²) in [5.41, 5.74) is 7.30. The van der Waals surface area contributed by atoms with Crippen LogP contribution in [0.4, 0.5) is 0 Å². The van der Waals surface area contributed by atoms with Gasteiger partial charge in [0, 0.05) is 13.1 Å². The Morgan fingerprint density at radius 1 is 1.32 bits per heavy atom. The lowest BCUT2D eigenvalue weighted by atomic mass is 10.1. The molecule has 0 aromatic heterocycles. The zero-order valence-corrected chi connectivity index (χ0v) is 16.0. The van der Waals surface area contributed by atoms with Crippen LogP contribution < -0.4 is 10.5 Å². The SMILES string of the molecule is CCC(CN=C(N)N1CCCCC1)Oc1cccc(C)c1.I. The monoisotopic (exact) mass is 417 g/mol. The van der Waals surface area contributed by atoms with E-state index in [4.69, 9.17) is 10.5 Å². The maximum Gasteiger partial charge on any atom is 0.191 e. The number of guanidine groups is 1. The molecule has 2 N–H and O–H groups in total. The molecule has 0 spiro atoms. The summed E-state index contributed by atoms with van der Waals surface area (Å²) in [6, 6.07) is 8.14. The van der Waals surface area contributed by atoms with E-state index in [-0.39, 0.29) is 30.1 Å². The molecular weight excluding hydrogens is 389 g/mol. The Hall–Kier alpha value is -0.980. The molecule has 1 heterocycles. The normalized spacial score (nSPS) is 16.8. The van der Waals surface area contributed by atoms with Crippen molar-refractivity contribution < 1.29 is 4.74 Å². The number of benzene rings is 1.